The molecule has 2 rings (SSSR count). The molecule has 0 unspecified atom stereocenters. The van der Waals surface area contributed by atoms with Crippen molar-refractivity contribution in [3.8, 4) is 11.5 Å². The number of carbonyl (C=O) groups is 5. The third kappa shape index (κ3) is 12.7. The van der Waals surface area contributed by atoms with E-state index in [4.69, 9.17) is 22.3 Å². The number of carboxylic acids is 1. The number of hydrogen-bond donors (Lipinski definition) is 10. The lowest BCUT2D eigenvalue weighted by Crippen LogP contribution is -2.58. The van der Waals surface area contributed by atoms with Gasteiger partial charge >= 0.3 is 5.97 Å². The van der Waals surface area contributed by atoms with Crippen molar-refractivity contribution in [1.29, 1.82) is 0 Å². The number of carboxylic acid groups (broad SMARTS) is 1. The average Bonchev–Trinajstić information content (AvgIpc) is 2.99. The number of carbonyl (C=O) groups excluding carboxylic acids is 4. The largest absolute Gasteiger partial charge is 0.508 e. The Hall–Kier alpha value is -5.38. The molecular weight excluding hydrogens is 600 g/mol. The van der Waals surface area contributed by atoms with Crippen LogP contribution >= 0.6 is 0 Å². The van der Waals surface area contributed by atoms with Gasteiger partial charge in [0.15, 0.2) is 5.96 Å². The predicted molar refractivity (Wildman–Crippen MR) is 168 cm³/mol. The van der Waals surface area contributed by atoms with Gasteiger partial charge < -0.3 is 53.8 Å². The van der Waals surface area contributed by atoms with E-state index in [-0.39, 0.29) is 49.7 Å². The van der Waals surface area contributed by atoms with Crippen LogP contribution in [0.5, 0.6) is 11.5 Å². The summed E-state index contributed by atoms with van der Waals surface area (Å²) < 4.78 is 0. The number of hydrogen-bond acceptors (Lipinski definition) is 9. The van der Waals surface area contributed by atoms with E-state index in [0.29, 0.717) is 11.1 Å². The number of aliphatic imine (C=N–C) groups is 1. The van der Waals surface area contributed by atoms with E-state index in [0.717, 1.165) is 0 Å². The summed E-state index contributed by atoms with van der Waals surface area (Å²) in [5, 5.41) is 38.2. The first-order valence-electron chi connectivity index (χ1n) is 14.5. The molecule has 4 amide bonds. The number of phenolic OH excluding ortho intramolecular Hbond substituents is 2. The molecule has 0 aliphatic carbocycles. The van der Waals surface area contributed by atoms with Crippen molar-refractivity contribution in [2.45, 2.75) is 69.7 Å². The van der Waals surface area contributed by atoms with Crippen LogP contribution in [0.2, 0.25) is 0 Å². The molecular formula is C30H42N8O8. The fraction of sp³-hybridized carbons (Fsp3) is 0.400. The van der Waals surface area contributed by atoms with Gasteiger partial charge in [0, 0.05) is 13.0 Å². The second kappa shape index (κ2) is 17.8. The zero-order valence-corrected chi connectivity index (χ0v) is 25.6. The van der Waals surface area contributed by atoms with Crippen LogP contribution in [0, 0.1) is 0 Å². The predicted octanol–water partition coefficient (Wildman–Crippen LogP) is -1.67. The zero-order chi connectivity index (χ0) is 34.4. The number of nitrogens with one attached hydrogen (secondary N) is 4. The molecule has 0 spiro atoms. The van der Waals surface area contributed by atoms with Gasteiger partial charge in [-0.15, -0.1) is 0 Å². The van der Waals surface area contributed by atoms with Crippen LogP contribution in [-0.2, 0) is 36.8 Å². The number of aliphatic carboxylic acids is 1. The van der Waals surface area contributed by atoms with Gasteiger partial charge in [0.1, 0.15) is 35.7 Å². The fourth-order valence-corrected chi connectivity index (χ4v) is 4.16. The summed E-state index contributed by atoms with van der Waals surface area (Å²) in [6, 6.07) is 6.17. The molecule has 5 atom stereocenters. The summed E-state index contributed by atoms with van der Waals surface area (Å²) in [4.78, 5) is 67.5. The number of nitrogens with two attached hydrogens (primary N) is 3. The maximum absolute atomic E-state index is 13.6. The van der Waals surface area contributed by atoms with Gasteiger partial charge in [-0.2, -0.15) is 0 Å². The van der Waals surface area contributed by atoms with Crippen LogP contribution in [0.25, 0.3) is 0 Å². The quantitative estimate of drug-likeness (QED) is 0.0529. The Bertz CT molecular complexity index is 1380. The standard InChI is InChI=1S/C30H42N8O8/c1-16(25(41)36-17(2)29(45)46)35-28(44)24(15-19-7-11-21(40)12-8-19)38-27(43)23(4-3-13-34-30(32)33)37-26(42)22(31)14-18-5-9-20(39)10-6-18/h5-12,16-17,22-24,39-40H,3-4,13-15,31H2,1-2H3,(H,35,44)(H,36,41)(H,37,42)(H,38,43)(H,45,46)(H4,32,33,34)/t16-,17-,22-,23-,24-/m0/s1. The average molecular weight is 643 g/mol. The molecule has 16 nitrogen and oxygen atoms in total. The highest BCUT2D eigenvalue weighted by atomic mass is 16.4. The third-order valence-electron chi connectivity index (χ3n) is 6.80. The SMILES string of the molecule is C[C@H](NC(=O)[C@H](C)NC(=O)[C@H](Cc1ccc(O)cc1)NC(=O)[C@H](CCCN=C(N)N)NC(=O)[C@@H](N)Cc1ccc(O)cc1)C(=O)O. The summed E-state index contributed by atoms with van der Waals surface area (Å²) in [6.45, 7) is 2.77. The van der Waals surface area contributed by atoms with Crippen LogP contribution < -0.4 is 38.5 Å². The summed E-state index contributed by atoms with van der Waals surface area (Å²) in [7, 11) is 0. The lowest BCUT2D eigenvalue weighted by Gasteiger charge is -2.25. The number of benzene rings is 2. The van der Waals surface area contributed by atoms with Gasteiger partial charge in [0.2, 0.25) is 23.6 Å². The molecule has 0 fully saturated rings. The Morgan fingerprint density at radius 2 is 1.17 bits per heavy atom. The number of amides is 4. The number of phenols is 2. The van der Waals surface area contributed by atoms with Crippen LogP contribution in [0.1, 0.15) is 37.8 Å². The van der Waals surface area contributed by atoms with Crippen LogP contribution in [0.15, 0.2) is 53.5 Å². The van der Waals surface area contributed by atoms with Crippen molar-refractivity contribution >= 4 is 35.6 Å². The van der Waals surface area contributed by atoms with Crippen molar-refractivity contribution < 1.29 is 39.3 Å². The summed E-state index contributed by atoms with van der Waals surface area (Å²) in [5.74, 6) is -4.28. The topological polar surface area (TPSA) is 285 Å². The monoisotopic (exact) mass is 642 g/mol. The molecule has 0 aromatic heterocycles. The molecule has 13 N–H and O–H groups in total. The lowest BCUT2D eigenvalue weighted by atomic mass is 10.0. The molecule has 0 bridgehead atoms. The second-order valence-electron chi connectivity index (χ2n) is 10.7. The van der Waals surface area contributed by atoms with Crippen molar-refractivity contribution in [3.63, 3.8) is 0 Å². The van der Waals surface area contributed by atoms with Gasteiger partial charge in [-0.25, -0.2) is 0 Å². The maximum atomic E-state index is 13.6. The molecule has 0 saturated heterocycles. The van der Waals surface area contributed by atoms with Crippen molar-refractivity contribution in [2.24, 2.45) is 22.2 Å². The van der Waals surface area contributed by atoms with E-state index in [1.54, 1.807) is 24.3 Å². The number of aromatic hydroxyl groups is 2. The Balaban J connectivity index is 2.24. The maximum Gasteiger partial charge on any atom is 0.325 e. The van der Waals surface area contributed by atoms with Crippen LogP contribution in [0.4, 0.5) is 0 Å². The first-order chi connectivity index (χ1) is 21.7. The van der Waals surface area contributed by atoms with Gasteiger partial charge in [0.25, 0.3) is 0 Å². The van der Waals surface area contributed by atoms with Crippen LogP contribution in [-0.4, -0.2) is 87.6 Å². The Labute approximate surface area is 265 Å². The molecule has 2 aromatic rings. The third-order valence-corrected chi connectivity index (χ3v) is 6.80. The van der Waals surface area contributed by atoms with Crippen molar-refractivity contribution in [1.82, 2.24) is 21.3 Å². The summed E-state index contributed by atoms with van der Waals surface area (Å²) in [5.41, 5.74) is 18.1. The Kier molecular flexibility index (Phi) is 14.2. The van der Waals surface area contributed by atoms with Crippen LogP contribution in [0.3, 0.4) is 0 Å². The lowest BCUT2D eigenvalue weighted by molar-refractivity contribution is -0.141. The first kappa shape index (κ1) is 36.8. The minimum atomic E-state index is -1.26. The molecule has 0 radical (unpaired) electrons. The van der Waals surface area contributed by atoms with Gasteiger partial charge in [-0.3, -0.25) is 29.0 Å². The highest BCUT2D eigenvalue weighted by Crippen LogP contribution is 2.13. The molecule has 0 aliphatic heterocycles. The highest BCUT2D eigenvalue weighted by molar-refractivity contribution is 5.95. The van der Waals surface area contributed by atoms with E-state index in [1.807, 2.05) is 0 Å². The van der Waals surface area contributed by atoms with Gasteiger partial charge in [-0.05, 0) is 68.5 Å². The number of rotatable bonds is 17. The molecule has 2 aromatic carbocycles. The minimum Gasteiger partial charge on any atom is -0.508 e. The number of guanidine groups is 1. The fourth-order valence-electron chi connectivity index (χ4n) is 4.16. The van der Waals surface area contributed by atoms with E-state index in [9.17, 15) is 34.2 Å². The van der Waals surface area contributed by atoms with E-state index in [1.165, 1.54) is 38.1 Å². The normalized spacial score (nSPS) is 14.0. The second-order valence-corrected chi connectivity index (χ2v) is 10.7. The molecule has 16 heteroatoms. The van der Waals surface area contributed by atoms with E-state index < -0.39 is 59.8 Å². The zero-order valence-electron chi connectivity index (χ0n) is 25.6. The molecule has 0 aliphatic rings. The molecule has 0 saturated carbocycles. The van der Waals surface area contributed by atoms with Gasteiger partial charge in [0.05, 0.1) is 6.04 Å². The van der Waals surface area contributed by atoms with Crippen molar-refractivity contribution in [3.05, 3.63) is 59.7 Å². The Morgan fingerprint density at radius 1 is 0.696 bits per heavy atom. The molecule has 0 heterocycles. The summed E-state index contributed by atoms with van der Waals surface area (Å²) in [6.07, 6.45) is 0.393. The van der Waals surface area contributed by atoms with Crippen molar-refractivity contribution in [2.75, 3.05) is 6.54 Å². The molecule has 46 heavy (non-hydrogen) atoms. The summed E-state index contributed by atoms with van der Waals surface area (Å²) >= 11 is 0. The highest BCUT2D eigenvalue weighted by Gasteiger charge is 2.30. The smallest absolute Gasteiger partial charge is 0.325 e. The van der Waals surface area contributed by atoms with E-state index in [2.05, 4.69) is 26.3 Å². The number of nitrogens with zero attached hydrogens (tertiary/aromatic N) is 1. The molecule has 250 valence electrons. The van der Waals surface area contributed by atoms with Gasteiger partial charge in [-0.1, -0.05) is 24.3 Å². The minimum absolute atomic E-state index is 0.0150. The Morgan fingerprint density at radius 3 is 1.70 bits per heavy atom. The van der Waals surface area contributed by atoms with E-state index >= 15 is 0 Å². The first-order valence-corrected chi connectivity index (χ1v) is 14.5.